The first-order valence-electron chi connectivity index (χ1n) is 14.1. The van der Waals surface area contributed by atoms with E-state index in [9.17, 15) is 9.90 Å². The Hall–Kier alpha value is -1.84. The second kappa shape index (κ2) is 11.0. The summed E-state index contributed by atoms with van der Waals surface area (Å²) < 4.78 is 0. The Bertz CT molecular complexity index is 911. The summed E-state index contributed by atoms with van der Waals surface area (Å²) in [5.41, 5.74) is 3.13. The van der Waals surface area contributed by atoms with Crippen LogP contribution in [0.5, 0.6) is 0 Å². The van der Waals surface area contributed by atoms with Gasteiger partial charge in [-0.05, 0) is 85.5 Å². The molecule has 2 N–H and O–H groups in total. The van der Waals surface area contributed by atoms with Crippen LogP contribution in [0.2, 0.25) is 0 Å². The highest BCUT2D eigenvalue weighted by Crippen LogP contribution is 2.63. The van der Waals surface area contributed by atoms with Gasteiger partial charge in [-0.3, -0.25) is 9.79 Å². The number of hydrogen-bond acceptors (Lipinski definition) is 4. The normalized spacial score (nSPS) is 33.7. The van der Waals surface area contributed by atoms with Gasteiger partial charge in [0.05, 0.1) is 5.70 Å². The minimum Gasteiger partial charge on any atom is -0.505 e. The predicted octanol–water partition coefficient (Wildman–Crippen LogP) is 7.58. The minimum atomic E-state index is -0.0875. The third-order valence-corrected chi connectivity index (χ3v) is 9.76. The zero-order valence-corrected chi connectivity index (χ0v) is 23.5. The second-order valence-corrected chi connectivity index (χ2v) is 12.7. The first-order chi connectivity index (χ1) is 16.4. The maximum Gasteiger partial charge on any atom is 0.210 e. The number of aliphatic hydroxyl groups excluding tert-OH is 1. The van der Waals surface area contributed by atoms with E-state index < -0.39 is 0 Å². The van der Waals surface area contributed by atoms with E-state index in [0.717, 1.165) is 32.2 Å². The molecule has 0 spiro atoms. The molecule has 35 heavy (non-hydrogen) atoms. The van der Waals surface area contributed by atoms with Crippen molar-refractivity contribution < 1.29 is 9.90 Å². The van der Waals surface area contributed by atoms with E-state index in [1.165, 1.54) is 24.8 Å². The minimum absolute atomic E-state index is 0.0719. The first-order valence-corrected chi connectivity index (χ1v) is 14.1. The van der Waals surface area contributed by atoms with E-state index in [1.807, 2.05) is 0 Å². The number of aliphatic imine (C=N–C) groups is 1. The van der Waals surface area contributed by atoms with Gasteiger partial charge in [-0.2, -0.15) is 0 Å². The highest BCUT2D eigenvalue weighted by Gasteiger charge is 2.54. The van der Waals surface area contributed by atoms with Crippen LogP contribution in [0.15, 0.2) is 40.2 Å². The number of ketones is 1. The van der Waals surface area contributed by atoms with Crippen molar-refractivity contribution in [3.05, 3.63) is 35.3 Å². The fourth-order valence-electron chi connectivity index (χ4n) is 6.64. The van der Waals surface area contributed by atoms with Crippen LogP contribution < -0.4 is 5.32 Å². The number of nitrogens with zero attached hydrogens (tertiary/aromatic N) is 1. The molecule has 0 heterocycles. The Morgan fingerprint density at radius 3 is 2.63 bits per heavy atom. The van der Waals surface area contributed by atoms with E-state index in [2.05, 4.69) is 60.4 Å². The van der Waals surface area contributed by atoms with Gasteiger partial charge >= 0.3 is 0 Å². The molecule has 0 radical (unpaired) electrons. The summed E-state index contributed by atoms with van der Waals surface area (Å²) in [5, 5.41) is 14.8. The van der Waals surface area contributed by atoms with Crippen molar-refractivity contribution in [2.24, 2.45) is 39.5 Å². The number of carbonyl (C=O) groups excluding carboxylic acids is 1. The lowest BCUT2D eigenvalue weighted by atomic mass is 9.46. The van der Waals surface area contributed by atoms with Crippen LogP contribution in [0.1, 0.15) is 99.8 Å². The molecule has 0 bridgehead atoms. The number of Topliss-reactive ketones (excluding diaryl/α,β-unsaturated/α-hetero) is 1. The summed E-state index contributed by atoms with van der Waals surface area (Å²) in [6, 6.07) is 0. The fraction of sp³-hybridized carbons (Fsp3) is 0.742. The molecule has 3 rings (SSSR count). The third-order valence-electron chi connectivity index (χ3n) is 9.76. The van der Waals surface area contributed by atoms with Crippen LogP contribution in [0.4, 0.5) is 0 Å². The molecule has 5 atom stereocenters. The lowest BCUT2D eigenvalue weighted by Gasteiger charge is -2.59. The quantitative estimate of drug-likeness (QED) is 0.263. The standard InChI is InChI=1S/C31H50N2O2/c1-9-21(4)19-33-26-17-25(32-16-14-20(2)3)28(34)24(29(26)35)18-31(8)23(6)13-15-30(7)22(5)11-10-12-27(30)31/h17,20-21,23,27,32,34H,5,9-16,18-19H2,1-4,6-8H3/t21-,23-,27+,30+,31+/m0/s1. The van der Waals surface area contributed by atoms with Gasteiger partial charge in [-0.1, -0.05) is 67.0 Å². The van der Waals surface area contributed by atoms with Crippen molar-refractivity contribution in [1.29, 1.82) is 0 Å². The lowest BCUT2D eigenvalue weighted by molar-refractivity contribution is -0.111. The van der Waals surface area contributed by atoms with Crippen LogP contribution in [0.25, 0.3) is 0 Å². The Kier molecular flexibility index (Phi) is 8.76. The molecular weight excluding hydrogens is 432 g/mol. The largest absolute Gasteiger partial charge is 0.505 e. The summed E-state index contributed by atoms with van der Waals surface area (Å²) in [4.78, 5) is 18.5. The maximum absolute atomic E-state index is 13.8. The summed E-state index contributed by atoms with van der Waals surface area (Å²) >= 11 is 0. The number of nitrogens with one attached hydrogen (secondary N) is 1. The van der Waals surface area contributed by atoms with Crippen molar-refractivity contribution in [2.75, 3.05) is 13.1 Å². The zero-order chi connectivity index (χ0) is 26.0. The van der Waals surface area contributed by atoms with E-state index >= 15 is 0 Å². The highest BCUT2D eigenvalue weighted by molar-refractivity contribution is 6.50. The first kappa shape index (κ1) is 27.7. The third kappa shape index (κ3) is 5.62. The Balaban J connectivity index is 1.98. The molecule has 0 aromatic rings. The number of hydrogen-bond donors (Lipinski definition) is 2. The molecule has 0 saturated heterocycles. The van der Waals surface area contributed by atoms with E-state index in [0.29, 0.717) is 53.6 Å². The van der Waals surface area contributed by atoms with Crippen LogP contribution in [-0.4, -0.2) is 29.7 Å². The van der Waals surface area contributed by atoms with Gasteiger partial charge in [0.2, 0.25) is 5.78 Å². The number of rotatable bonds is 9. The summed E-state index contributed by atoms with van der Waals surface area (Å²) in [7, 11) is 0. The van der Waals surface area contributed by atoms with Gasteiger partial charge < -0.3 is 10.4 Å². The van der Waals surface area contributed by atoms with Gasteiger partial charge in [-0.25, -0.2) is 0 Å². The summed E-state index contributed by atoms with van der Waals surface area (Å²) in [6.45, 7) is 21.7. The van der Waals surface area contributed by atoms with Gasteiger partial charge in [0, 0.05) is 18.7 Å². The molecule has 4 nitrogen and oxygen atoms in total. The fourth-order valence-corrected chi connectivity index (χ4v) is 6.64. The van der Waals surface area contributed by atoms with Crippen molar-refractivity contribution in [3.63, 3.8) is 0 Å². The van der Waals surface area contributed by atoms with Crippen LogP contribution in [0.3, 0.4) is 0 Å². The number of carbonyl (C=O) groups is 1. The molecule has 196 valence electrons. The SMILES string of the molecule is C=C1CCC[C@H]2[C@](C)(CC3=C(O)C(NCCC(C)C)=CC(=NC[C@@H](C)CC)C3=O)[C@@H](C)CC[C@]12C. The Morgan fingerprint density at radius 2 is 1.97 bits per heavy atom. The summed E-state index contributed by atoms with van der Waals surface area (Å²) in [6.07, 6.45) is 10.2. The maximum atomic E-state index is 13.8. The van der Waals surface area contributed by atoms with Gasteiger partial charge in [0.15, 0.2) is 0 Å². The van der Waals surface area contributed by atoms with E-state index in [-0.39, 0.29) is 22.4 Å². The molecule has 3 aliphatic carbocycles. The average molecular weight is 483 g/mol. The van der Waals surface area contributed by atoms with E-state index in [4.69, 9.17) is 4.99 Å². The van der Waals surface area contributed by atoms with E-state index in [1.54, 1.807) is 6.08 Å². The van der Waals surface area contributed by atoms with Gasteiger partial charge in [-0.15, -0.1) is 0 Å². The number of fused-ring (bicyclic) bond motifs is 1. The number of allylic oxidation sites excluding steroid dienone is 3. The molecule has 0 aliphatic heterocycles. The zero-order valence-electron chi connectivity index (χ0n) is 23.5. The Labute approximate surface area is 214 Å². The number of aliphatic hydroxyl groups is 1. The van der Waals surface area contributed by atoms with Gasteiger partial charge in [0.25, 0.3) is 0 Å². The molecule has 2 fully saturated rings. The highest BCUT2D eigenvalue weighted by atomic mass is 16.3. The topological polar surface area (TPSA) is 61.7 Å². The van der Waals surface area contributed by atoms with Crippen LogP contribution >= 0.6 is 0 Å². The van der Waals surface area contributed by atoms with Crippen LogP contribution in [-0.2, 0) is 4.79 Å². The molecular formula is C31H50N2O2. The monoisotopic (exact) mass is 482 g/mol. The predicted molar refractivity (Wildman–Crippen MR) is 148 cm³/mol. The average Bonchev–Trinajstić information content (AvgIpc) is 2.81. The molecule has 0 unspecified atom stereocenters. The molecule has 3 aliphatic rings. The second-order valence-electron chi connectivity index (χ2n) is 12.7. The van der Waals surface area contributed by atoms with Crippen molar-refractivity contribution in [1.82, 2.24) is 5.32 Å². The molecule has 0 amide bonds. The van der Waals surface area contributed by atoms with Crippen molar-refractivity contribution in [3.8, 4) is 0 Å². The molecule has 0 aromatic carbocycles. The lowest BCUT2D eigenvalue weighted by Crippen LogP contribution is -2.51. The Morgan fingerprint density at radius 1 is 1.26 bits per heavy atom. The van der Waals surface area contributed by atoms with Crippen molar-refractivity contribution >= 4 is 11.5 Å². The smallest absolute Gasteiger partial charge is 0.210 e. The molecule has 0 aromatic heterocycles. The molecule has 2 saturated carbocycles. The van der Waals surface area contributed by atoms with Gasteiger partial charge in [0.1, 0.15) is 11.5 Å². The van der Waals surface area contributed by atoms with Crippen molar-refractivity contribution in [2.45, 2.75) is 99.8 Å². The molecule has 4 heteroatoms. The summed E-state index contributed by atoms with van der Waals surface area (Å²) in [5.74, 6) is 1.98. The van der Waals surface area contributed by atoms with Crippen LogP contribution in [0, 0.1) is 34.5 Å².